The lowest BCUT2D eigenvalue weighted by Gasteiger charge is -2.26. The normalized spacial score (nSPS) is 17.8. The van der Waals surface area contributed by atoms with Gasteiger partial charge in [-0.3, -0.25) is 14.4 Å². The van der Waals surface area contributed by atoms with Gasteiger partial charge in [0.25, 0.3) is 12.3 Å². The molecular formula is C28H30F3N7O4. The van der Waals surface area contributed by atoms with Gasteiger partial charge >= 0.3 is 0 Å². The van der Waals surface area contributed by atoms with Crippen molar-refractivity contribution in [2.75, 3.05) is 53.1 Å². The summed E-state index contributed by atoms with van der Waals surface area (Å²) in [5.74, 6) is -1.54. The average Bonchev–Trinajstić information content (AvgIpc) is 3.77. The summed E-state index contributed by atoms with van der Waals surface area (Å²) >= 11 is 0. The summed E-state index contributed by atoms with van der Waals surface area (Å²) in [5, 5.41) is 11.6. The highest BCUT2D eigenvalue weighted by molar-refractivity contribution is 5.95. The van der Waals surface area contributed by atoms with Gasteiger partial charge in [0, 0.05) is 56.0 Å². The maximum Gasteiger partial charge on any atom is 0.266 e. The van der Waals surface area contributed by atoms with Crippen molar-refractivity contribution < 1.29 is 32.2 Å². The number of fused-ring (bicyclic) bond motifs is 1. The summed E-state index contributed by atoms with van der Waals surface area (Å²) in [5.41, 5.74) is 0.567. The summed E-state index contributed by atoms with van der Waals surface area (Å²) in [6.45, 7) is 5.64. The predicted octanol–water partition coefficient (Wildman–Crippen LogP) is 3.20. The molecule has 0 unspecified atom stereocenters. The molecule has 2 saturated heterocycles. The van der Waals surface area contributed by atoms with E-state index in [9.17, 15) is 13.6 Å². The Hall–Kier alpha value is -4.01. The predicted molar refractivity (Wildman–Crippen MR) is 145 cm³/mol. The van der Waals surface area contributed by atoms with E-state index in [1.165, 1.54) is 23.8 Å². The van der Waals surface area contributed by atoms with E-state index in [0.29, 0.717) is 37.4 Å². The second-order valence-corrected chi connectivity index (χ2v) is 10.1. The molecule has 1 amide bonds. The fraction of sp³-hybridized carbons (Fsp3) is 0.429. The molecule has 6 rings (SSSR count). The molecule has 2 aliphatic heterocycles. The number of benzene rings is 1. The van der Waals surface area contributed by atoms with Crippen LogP contribution < -0.4 is 10.1 Å². The van der Waals surface area contributed by atoms with Crippen LogP contribution in [-0.2, 0) is 16.0 Å². The third-order valence-electron chi connectivity index (χ3n) is 7.42. The van der Waals surface area contributed by atoms with Crippen molar-refractivity contribution in [3.63, 3.8) is 0 Å². The molecule has 14 heteroatoms. The van der Waals surface area contributed by atoms with Crippen LogP contribution in [-0.4, -0.2) is 94.4 Å². The molecule has 0 spiro atoms. The van der Waals surface area contributed by atoms with Gasteiger partial charge in [0.1, 0.15) is 11.9 Å². The Balaban J connectivity index is 1.39. The van der Waals surface area contributed by atoms with Gasteiger partial charge in [-0.2, -0.15) is 5.10 Å². The van der Waals surface area contributed by atoms with Crippen LogP contribution in [0.15, 0.2) is 36.8 Å². The minimum absolute atomic E-state index is 0.0930. The average molecular weight is 586 g/mol. The lowest BCUT2D eigenvalue weighted by atomic mass is 10.0. The molecule has 0 saturated carbocycles. The molecule has 1 N–H and O–H groups in total. The van der Waals surface area contributed by atoms with Gasteiger partial charge in [-0.05, 0) is 18.2 Å². The highest BCUT2D eigenvalue weighted by atomic mass is 19.3. The zero-order chi connectivity index (χ0) is 29.2. The summed E-state index contributed by atoms with van der Waals surface area (Å²) in [6.07, 6.45) is 2.23. The molecule has 1 atom stereocenters. The van der Waals surface area contributed by atoms with E-state index in [1.807, 2.05) is 10.9 Å². The number of halogens is 3. The summed E-state index contributed by atoms with van der Waals surface area (Å²) in [7, 11) is 1.37. The minimum Gasteiger partial charge on any atom is -0.470 e. The van der Waals surface area contributed by atoms with Crippen molar-refractivity contribution in [1.82, 2.24) is 34.6 Å². The van der Waals surface area contributed by atoms with Crippen molar-refractivity contribution in [2.24, 2.45) is 0 Å². The van der Waals surface area contributed by atoms with E-state index in [-0.39, 0.29) is 28.8 Å². The number of imidazole rings is 1. The quantitative estimate of drug-likeness (QED) is 0.319. The number of nitrogens with zero attached hydrogens (tertiary/aromatic N) is 6. The topological polar surface area (TPSA) is 108 Å². The second-order valence-electron chi connectivity index (χ2n) is 10.1. The number of nitrogens with one attached hydrogen (secondary N) is 1. The molecule has 42 heavy (non-hydrogen) atoms. The molecule has 3 aromatic heterocycles. The first-order chi connectivity index (χ1) is 20.4. The SMILES string of the molecule is CNC(=O)c1cc(-c2cnc3cc(-c4cnn(CCN5CCOCC5)c4)c(O[C@H]4CCOC4)nn23)c(F)c(C(F)F)c1. The standard InChI is InChI=1S/C28H30F3N7O4/c1-32-27(39)17-10-21(25(29)22(11-17)26(30)31)23-14-33-24-12-20(28(35-38(23)24)42-19-2-7-41-16-19)18-13-34-37(15-18)4-3-36-5-8-40-9-6-36/h10-15,19,26H,2-9,16H2,1H3,(H,32,39)/t19-/m0/s1. The van der Waals surface area contributed by atoms with E-state index >= 15 is 4.39 Å². The van der Waals surface area contributed by atoms with E-state index in [4.69, 9.17) is 14.2 Å². The maximum absolute atomic E-state index is 15.4. The number of hydrogen-bond acceptors (Lipinski definition) is 8. The number of carbonyl (C=O) groups is 1. The van der Waals surface area contributed by atoms with Gasteiger partial charge in [0.05, 0.1) is 62.2 Å². The zero-order valence-corrected chi connectivity index (χ0v) is 22.9. The van der Waals surface area contributed by atoms with Gasteiger partial charge in [-0.25, -0.2) is 22.7 Å². The van der Waals surface area contributed by atoms with Crippen molar-refractivity contribution in [1.29, 1.82) is 0 Å². The monoisotopic (exact) mass is 585 g/mol. The Bertz CT molecular complexity index is 1580. The van der Waals surface area contributed by atoms with E-state index in [0.717, 1.165) is 44.5 Å². The third-order valence-corrected chi connectivity index (χ3v) is 7.42. The molecule has 1 aromatic carbocycles. The third kappa shape index (κ3) is 5.69. The first-order valence-electron chi connectivity index (χ1n) is 13.7. The molecule has 4 aromatic rings. The number of aromatic nitrogens is 5. The number of hydrogen-bond donors (Lipinski definition) is 1. The van der Waals surface area contributed by atoms with Gasteiger partial charge in [-0.15, -0.1) is 5.10 Å². The summed E-state index contributed by atoms with van der Waals surface area (Å²) in [6, 6.07) is 3.80. The van der Waals surface area contributed by atoms with E-state index in [1.54, 1.807) is 12.3 Å². The highest BCUT2D eigenvalue weighted by Gasteiger charge is 2.26. The Kier molecular flexibility index (Phi) is 8.09. The lowest BCUT2D eigenvalue weighted by molar-refractivity contribution is 0.0360. The largest absolute Gasteiger partial charge is 0.470 e. The van der Waals surface area contributed by atoms with Gasteiger partial charge in [-0.1, -0.05) is 0 Å². The molecule has 2 aliphatic rings. The Labute approximate surface area is 239 Å². The van der Waals surface area contributed by atoms with Crippen molar-refractivity contribution in [3.8, 4) is 28.3 Å². The van der Waals surface area contributed by atoms with Crippen LogP contribution >= 0.6 is 0 Å². The minimum atomic E-state index is -3.13. The van der Waals surface area contributed by atoms with Gasteiger partial charge in [0.15, 0.2) is 5.65 Å². The first kappa shape index (κ1) is 28.1. The Morgan fingerprint density at radius 1 is 1.12 bits per heavy atom. The van der Waals surface area contributed by atoms with Crippen LogP contribution in [0.1, 0.15) is 28.8 Å². The van der Waals surface area contributed by atoms with Crippen LogP contribution in [0.2, 0.25) is 0 Å². The van der Waals surface area contributed by atoms with Crippen LogP contribution in [0.3, 0.4) is 0 Å². The first-order valence-corrected chi connectivity index (χ1v) is 13.7. The number of rotatable bonds is 9. The van der Waals surface area contributed by atoms with Gasteiger partial charge < -0.3 is 19.5 Å². The van der Waals surface area contributed by atoms with Crippen LogP contribution in [0.4, 0.5) is 13.2 Å². The number of ether oxygens (including phenoxy) is 3. The Morgan fingerprint density at radius 3 is 2.69 bits per heavy atom. The molecule has 222 valence electrons. The molecule has 0 aliphatic carbocycles. The molecular weight excluding hydrogens is 555 g/mol. The lowest BCUT2D eigenvalue weighted by Crippen LogP contribution is -2.38. The van der Waals surface area contributed by atoms with Crippen LogP contribution in [0.25, 0.3) is 28.0 Å². The number of alkyl halides is 2. The fourth-order valence-electron chi connectivity index (χ4n) is 5.10. The summed E-state index contributed by atoms with van der Waals surface area (Å²) in [4.78, 5) is 19.0. The molecule has 5 heterocycles. The fourth-order valence-corrected chi connectivity index (χ4v) is 5.10. The number of amides is 1. The molecule has 2 fully saturated rings. The maximum atomic E-state index is 15.4. The zero-order valence-electron chi connectivity index (χ0n) is 22.9. The van der Waals surface area contributed by atoms with Crippen LogP contribution in [0, 0.1) is 5.82 Å². The van der Waals surface area contributed by atoms with Crippen molar-refractivity contribution in [3.05, 3.63) is 53.7 Å². The molecule has 11 nitrogen and oxygen atoms in total. The van der Waals surface area contributed by atoms with Crippen molar-refractivity contribution >= 4 is 11.6 Å². The van der Waals surface area contributed by atoms with Crippen molar-refractivity contribution in [2.45, 2.75) is 25.5 Å². The summed E-state index contributed by atoms with van der Waals surface area (Å²) < 4.78 is 63.2. The second kappa shape index (κ2) is 12.1. The van der Waals surface area contributed by atoms with Gasteiger partial charge in [0.2, 0.25) is 5.88 Å². The highest BCUT2D eigenvalue weighted by Crippen LogP contribution is 2.35. The number of morpholine rings is 1. The van der Waals surface area contributed by atoms with E-state index < -0.39 is 23.7 Å². The Morgan fingerprint density at radius 2 is 1.95 bits per heavy atom. The number of carbonyl (C=O) groups excluding carboxylic acids is 1. The molecule has 0 bridgehead atoms. The van der Waals surface area contributed by atoms with E-state index in [2.05, 4.69) is 25.4 Å². The van der Waals surface area contributed by atoms with Crippen LogP contribution in [0.5, 0.6) is 5.88 Å². The molecule has 0 radical (unpaired) electrons. The smallest absolute Gasteiger partial charge is 0.266 e.